The summed E-state index contributed by atoms with van der Waals surface area (Å²) >= 11 is 0. The predicted molar refractivity (Wildman–Crippen MR) is 81.3 cm³/mol. The molecular formula is C17H25NO2. The lowest BCUT2D eigenvalue weighted by Crippen LogP contribution is -2.39. The Bertz CT molecular complexity index is 423. The molecule has 1 aliphatic rings. The van der Waals surface area contributed by atoms with Crippen molar-refractivity contribution in [3.05, 3.63) is 29.8 Å². The number of hydrogen-bond donors (Lipinski definition) is 0. The molecule has 3 nitrogen and oxygen atoms in total. The molecular weight excluding hydrogens is 250 g/mol. The lowest BCUT2D eigenvalue weighted by Gasteiger charge is -2.34. The van der Waals surface area contributed by atoms with Crippen LogP contribution >= 0.6 is 0 Å². The van der Waals surface area contributed by atoms with Crippen molar-refractivity contribution in [2.75, 3.05) is 26.2 Å². The molecule has 2 unspecified atom stereocenters. The summed E-state index contributed by atoms with van der Waals surface area (Å²) in [5, 5.41) is 0. The lowest BCUT2D eigenvalue weighted by atomic mass is 9.92. The number of benzene rings is 1. The molecule has 1 fully saturated rings. The Morgan fingerprint density at radius 2 is 1.95 bits per heavy atom. The minimum absolute atomic E-state index is 0.632. The van der Waals surface area contributed by atoms with E-state index in [1.807, 2.05) is 18.2 Å². The van der Waals surface area contributed by atoms with Gasteiger partial charge in [0.2, 0.25) is 0 Å². The minimum Gasteiger partial charge on any atom is -0.493 e. The molecule has 0 amide bonds. The van der Waals surface area contributed by atoms with E-state index in [2.05, 4.69) is 18.7 Å². The van der Waals surface area contributed by atoms with Crippen molar-refractivity contribution in [3.63, 3.8) is 0 Å². The third kappa shape index (κ3) is 4.34. The van der Waals surface area contributed by atoms with E-state index in [-0.39, 0.29) is 0 Å². The van der Waals surface area contributed by atoms with Gasteiger partial charge in [-0.25, -0.2) is 0 Å². The van der Waals surface area contributed by atoms with Crippen LogP contribution in [0, 0.1) is 11.8 Å². The van der Waals surface area contributed by atoms with Crippen molar-refractivity contribution in [3.8, 4) is 5.75 Å². The van der Waals surface area contributed by atoms with Gasteiger partial charge in [0, 0.05) is 19.6 Å². The van der Waals surface area contributed by atoms with Crippen LogP contribution in [0.25, 0.3) is 0 Å². The average molecular weight is 275 g/mol. The quantitative estimate of drug-likeness (QED) is 0.589. The van der Waals surface area contributed by atoms with Crippen LogP contribution in [-0.2, 0) is 0 Å². The van der Waals surface area contributed by atoms with Crippen molar-refractivity contribution >= 4 is 6.29 Å². The minimum atomic E-state index is 0.632. The van der Waals surface area contributed by atoms with Gasteiger partial charge >= 0.3 is 0 Å². The number of nitrogens with zero attached hydrogens (tertiary/aromatic N) is 1. The summed E-state index contributed by atoms with van der Waals surface area (Å²) in [6, 6.07) is 7.40. The maximum absolute atomic E-state index is 10.9. The van der Waals surface area contributed by atoms with Crippen LogP contribution in [-0.4, -0.2) is 37.4 Å². The summed E-state index contributed by atoms with van der Waals surface area (Å²) in [6.07, 6.45) is 3.20. The zero-order valence-electron chi connectivity index (χ0n) is 12.5. The van der Waals surface area contributed by atoms with Gasteiger partial charge < -0.3 is 9.64 Å². The van der Waals surface area contributed by atoms with Crippen LogP contribution in [0.2, 0.25) is 0 Å². The smallest absolute Gasteiger partial charge is 0.153 e. The van der Waals surface area contributed by atoms with E-state index in [9.17, 15) is 4.79 Å². The van der Waals surface area contributed by atoms with Gasteiger partial charge in [-0.3, -0.25) is 4.79 Å². The topological polar surface area (TPSA) is 29.5 Å². The third-order valence-corrected chi connectivity index (χ3v) is 3.87. The fourth-order valence-electron chi connectivity index (χ4n) is 3.15. The number of carbonyl (C=O) groups is 1. The van der Waals surface area contributed by atoms with Crippen LogP contribution in [0.1, 0.15) is 37.0 Å². The van der Waals surface area contributed by atoms with Crippen LogP contribution in [0.15, 0.2) is 24.3 Å². The first-order chi connectivity index (χ1) is 9.69. The fourth-order valence-corrected chi connectivity index (χ4v) is 3.15. The molecule has 0 N–H and O–H groups in total. The molecule has 1 aromatic carbocycles. The highest BCUT2D eigenvalue weighted by atomic mass is 16.5. The number of piperidine rings is 1. The largest absolute Gasteiger partial charge is 0.493 e. The van der Waals surface area contributed by atoms with Gasteiger partial charge in [-0.15, -0.1) is 0 Å². The van der Waals surface area contributed by atoms with Crippen LogP contribution in [0.5, 0.6) is 5.75 Å². The van der Waals surface area contributed by atoms with Gasteiger partial charge in [0.05, 0.1) is 12.2 Å². The summed E-state index contributed by atoms with van der Waals surface area (Å²) in [5.41, 5.74) is 0.632. The van der Waals surface area contributed by atoms with Gasteiger partial charge in [-0.1, -0.05) is 26.0 Å². The molecule has 0 spiro atoms. The Balaban J connectivity index is 1.72. The van der Waals surface area contributed by atoms with E-state index in [1.54, 1.807) is 6.07 Å². The van der Waals surface area contributed by atoms with Crippen molar-refractivity contribution in [2.45, 2.75) is 26.7 Å². The van der Waals surface area contributed by atoms with Gasteiger partial charge in [-0.05, 0) is 36.8 Å². The Hall–Kier alpha value is -1.35. The zero-order valence-corrected chi connectivity index (χ0v) is 12.5. The van der Waals surface area contributed by atoms with E-state index >= 15 is 0 Å². The number of rotatable bonds is 6. The Morgan fingerprint density at radius 1 is 1.25 bits per heavy atom. The maximum Gasteiger partial charge on any atom is 0.153 e. The van der Waals surface area contributed by atoms with Crippen molar-refractivity contribution in [1.29, 1.82) is 0 Å². The van der Waals surface area contributed by atoms with E-state index in [0.29, 0.717) is 17.9 Å². The van der Waals surface area contributed by atoms with Crippen LogP contribution in [0.4, 0.5) is 0 Å². The highest BCUT2D eigenvalue weighted by Gasteiger charge is 2.21. The molecule has 1 saturated heterocycles. The second kappa shape index (κ2) is 7.44. The average Bonchev–Trinajstić information content (AvgIpc) is 2.43. The normalized spacial score (nSPS) is 23.5. The molecule has 1 heterocycles. The van der Waals surface area contributed by atoms with Crippen molar-refractivity contribution < 1.29 is 9.53 Å². The first-order valence-corrected chi connectivity index (χ1v) is 7.58. The molecule has 0 aliphatic carbocycles. The van der Waals surface area contributed by atoms with Crippen molar-refractivity contribution in [2.24, 2.45) is 11.8 Å². The number of aldehydes is 1. The second-order valence-corrected chi connectivity index (χ2v) is 6.06. The van der Waals surface area contributed by atoms with Gasteiger partial charge in [0.25, 0.3) is 0 Å². The summed E-state index contributed by atoms with van der Waals surface area (Å²) in [6.45, 7) is 8.82. The molecule has 1 aromatic rings. The third-order valence-electron chi connectivity index (χ3n) is 3.87. The standard InChI is InChI=1S/C17H25NO2/c1-14-10-15(2)12-18(11-14)8-5-9-20-17-7-4-3-6-16(17)13-19/h3-4,6-7,13-15H,5,8-12H2,1-2H3. The maximum atomic E-state index is 10.9. The zero-order chi connectivity index (χ0) is 14.4. The SMILES string of the molecule is CC1CC(C)CN(CCCOc2ccccc2C=O)C1. The lowest BCUT2D eigenvalue weighted by molar-refractivity contribution is 0.111. The molecule has 0 radical (unpaired) electrons. The van der Waals surface area contributed by atoms with Crippen molar-refractivity contribution in [1.82, 2.24) is 4.90 Å². The molecule has 1 aliphatic heterocycles. The summed E-state index contributed by atoms with van der Waals surface area (Å²) in [5.74, 6) is 2.30. The van der Waals surface area contributed by atoms with Gasteiger partial charge in [-0.2, -0.15) is 0 Å². The summed E-state index contributed by atoms with van der Waals surface area (Å²) in [4.78, 5) is 13.4. The summed E-state index contributed by atoms with van der Waals surface area (Å²) in [7, 11) is 0. The Labute approximate surface area is 121 Å². The molecule has 2 rings (SSSR count). The monoisotopic (exact) mass is 275 g/mol. The highest BCUT2D eigenvalue weighted by Crippen LogP contribution is 2.21. The molecule has 20 heavy (non-hydrogen) atoms. The predicted octanol–water partition coefficient (Wildman–Crippen LogP) is 3.25. The first-order valence-electron chi connectivity index (χ1n) is 7.58. The van der Waals surface area contributed by atoms with E-state index in [4.69, 9.17) is 4.74 Å². The number of likely N-dealkylation sites (tertiary alicyclic amines) is 1. The number of para-hydroxylation sites is 1. The molecule has 2 atom stereocenters. The van der Waals surface area contributed by atoms with Gasteiger partial charge in [0.15, 0.2) is 6.29 Å². The van der Waals surface area contributed by atoms with E-state index in [1.165, 1.54) is 19.5 Å². The highest BCUT2D eigenvalue weighted by molar-refractivity contribution is 5.79. The van der Waals surface area contributed by atoms with E-state index in [0.717, 1.165) is 31.1 Å². The molecule has 110 valence electrons. The van der Waals surface area contributed by atoms with Gasteiger partial charge in [0.1, 0.15) is 5.75 Å². The van der Waals surface area contributed by atoms with Crippen LogP contribution in [0.3, 0.4) is 0 Å². The fraction of sp³-hybridized carbons (Fsp3) is 0.588. The summed E-state index contributed by atoms with van der Waals surface area (Å²) < 4.78 is 5.71. The number of carbonyl (C=O) groups excluding carboxylic acids is 1. The van der Waals surface area contributed by atoms with Crippen LogP contribution < -0.4 is 4.74 Å². The second-order valence-electron chi connectivity index (χ2n) is 6.06. The first kappa shape index (κ1) is 15.0. The molecule has 0 saturated carbocycles. The number of ether oxygens (including phenoxy) is 1. The molecule has 3 heteroatoms. The Kier molecular flexibility index (Phi) is 5.60. The van der Waals surface area contributed by atoms with E-state index < -0.39 is 0 Å². The molecule has 0 aromatic heterocycles. The Morgan fingerprint density at radius 3 is 2.65 bits per heavy atom. The molecule has 0 bridgehead atoms. The number of hydrogen-bond acceptors (Lipinski definition) is 3.